The molecular formula is C24H24N2O3. The van der Waals surface area contributed by atoms with Crippen LogP contribution in [0.15, 0.2) is 66.7 Å². The number of benzene rings is 3. The number of allylic oxidation sites excluding steroid dienone is 1. The SMILES string of the molecule is CC(=CC(=O)Nc1cc(NC(C)C)ccc1C(=O)O)c1ccc2ccccc2c1. The van der Waals surface area contributed by atoms with E-state index in [0.717, 1.165) is 27.6 Å². The number of carbonyl (C=O) groups excluding carboxylic acids is 1. The number of amides is 1. The van der Waals surface area contributed by atoms with Gasteiger partial charge in [-0.2, -0.15) is 0 Å². The third-order valence-electron chi connectivity index (χ3n) is 4.52. The van der Waals surface area contributed by atoms with Gasteiger partial charge in [0.25, 0.3) is 0 Å². The molecule has 0 heterocycles. The first-order valence-electron chi connectivity index (χ1n) is 9.46. The largest absolute Gasteiger partial charge is 0.478 e. The Labute approximate surface area is 170 Å². The molecule has 3 aromatic carbocycles. The summed E-state index contributed by atoms with van der Waals surface area (Å²) < 4.78 is 0. The molecule has 0 radical (unpaired) electrons. The van der Waals surface area contributed by atoms with Crippen LogP contribution >= 0.6 is 0 Å². The van der Waals surface area contributed by atoms with Crippen LogP contribution in [0.1, 0.15) is 36.7 Å². The fourth-order valence-electron chi connectivity index (χ4n) is 3.14. The van der Waals surface area contributed by atoms with E-state index in [-0.39, 0.29) is 23.2 Å². The molecule has 0 aromatic heterocycles. The summed E-state index contributed by atoms with van der Waals surface area (Å²) in [4.78, 5) is 24.1. The third-order valence-corrected chi connectivity index (χ3v) is 4.52. The second kappa shape index (κ2) is 8.61. The van der Waals surface area contributed by atoms with Crippen LogP contribution in [0.25, 0.3) is 16.3 Å². The Morgan fingerprint density at radius 1 is 0.966 bits per heavy atom. The van der Waals surface area contributed by atoms with E-state index in [4.69, 9.17) is 0 Å². The Bertz CT molecular complexity index is 1100. The van der Waals surface area contributed by atoms with Crippen molar-refractivity contribution in [2.24, 2.45) is 0 Å². The van der Waals surface area contributed by atoms with Gasteiger partial charge in [0.05, 0.1) is 11.3 Å². The minimum Gasteiger partial charge on any atom is -0.478 e. The van der Waals surface area contributed by atoms with Crippen molar-refractivity contribution in [1.82, 2.24) is 0 Å². The Balaban J connectivity index is 1.85. The van der Waals surface area contributed by atoms with Crippen LogP contribution in [0.2, 0.25) is 0 Å². The summed E-state index contributed by atoms with van der Waals surface area (Å²) in [5.41, 5.74) is 2.78. The van der Waals surface area contributed by atoms with Crippen LogP contribution in [-0.2, 0) is 4.79 Å². The van der Waals surface area contributed by atoms with Crippen molar-refractivity contribution < 1.29 is 14.7 Å². The fourth-order valence-corrected chi connectivity index (χ4v) is 3.14. The maximum atomic E-state index is 12.6. The lowest BCUT2D eigenvalue weighted by molar-refractivity contribution is -0.111. The summed E-state index contributed by atoms with van der Waals surface area (Å²) in [6.07, 6.45) is 1.48. The van der Waals surface area contributed by atoms with Crippen molar-refractivity contribution >= 4 is 39.6 Å². The van der Waals surface area contributed by atoms with Gasteiger partial charge >= 0.3 is 5.97 Å². The topological polar surface area (TPSA) is 78.4 Å². The summed E-state index contributed by atoms with van der Waals surface area (Å²) in [7, 11) is 0. The van der Waals surface area contributed by atoms with Gasteiger partial charge < -0.3 is 15.7 Å². The third kappa shape index (κ3) is 5.02. The molecule has 5 heteroatoms. The second-order valence-electron chi connectivity index (χ2n) is 7.24. The highest BCUT2D eigenvalue weighted by Crippen LogP contribution is 2.24. The summed E-state index contributed by atoms with van der Waals surface area (Å²) in [6.45, 7) is 5.83. The maximum absolute atomic E-state index is 12.6. The van der Waals surface area contributed by atoms with E-state index in [9.17, 15) is 14.7 Å². The normalized spacial score (nSPS) is 11.5. The molecule has 0 fully saturated rings. The van der Waals surface area contributed by atoms with E-state index >= 15 is 0 Å². The number of nitrogens with one attached hydrogen (secondary N) is 2. The summed E-state index contributed by atoms with van der Waals surface area (Å²) in [5, 5.41) is 17.6. The molecule has 0 aliphatic heterocycles. The number of rotatable bonds is 6. The molecule has 0 saturated carbocycles. The molecule has 3 rings (SSSR count). The van der Waals surface area contributed by atoms with E-state index in [0.29, 0.717) is 0 Å². The smallest absolute Gasteiger partial charge is 0.337 e. The van der Waals surface area contributed by atoms with Gasteiger partial charge in [-0.3, -0.25) is 4.79 Å². The lowest BCUT2D eigenvalue weighted by Gasteiger charge is -2.13. The number of carboxylic acids is 1. The van der Waals surface area contributed by atoms with Gasteiger partial charge in [0.15, 0.2) is 0 Å². The minimum atomic E-state index is -1.09. The van der Waals surface area contributed by atoms with Crippen LogP contribution in [-0.4, -0.2) is 23.0 Å². The molecule has 29 heavy (non-hydrogen) atoms. The zero-order chi connectivity index (χ0) is 21.0. The molecule has 3 N–H and O–H groups in total. The van der Waals surface area contributed by atoms with Gasteiger partial charge in [-0.25, -0.2) is 4.79 Å². The first kappa shape index (κ1) is 20.1. The number of hydrogen-bond acceptors (Lipinski definition) is 3. The number of hydrogen-bond donors (Lipinski definition) is 3. The van der Waals surface area contributed by atoms with Gasteiger partial charge in [0.1, 0.15) is 0 Å². The lowest BCUT2D eigenvalue weighted by Crippen LogP contribution is -2.14. The summed E-state index contributed by atoms with van der Waals surface area (Å²) >= 11 is 0. The molecule has 3 aromatic rings. The van der Waals surface area contributed by atoms with Crippen molar-refractivity contribution in [3.8, 4) is 0 Å². The van der Waals surface area contributed by atoms with Gasteiger partial charge in [-0.15, -0.1) is 0 Å². The van der Waals surface area contributed by atoms with Crippen LogP contribution in [0.4, 0.5) is 11.4 Å². The Kier molecular flexibility index (Phi) is 5.98. The van der Waals surface area contributed by atoms with Crippen molar-refractivity contribution in [3.63, 3.8) is 0 Å². The van der Waals surface area contributed by atoms with Crippen molar-refractivity contribution in [2.45, 2.75) is 26.8 Å². The zero-order valence-electron chi connectivity index (χ0n) is 16.7. The van der Waals surface area contributed by atoms with E-state index in [1.54, 1.807) is 12.1 Å². The quantitative estimate of drug-likeness (QED) is 0.494. The second-order valence-corrected chi connectivity index (χ2v) is 7.24. The predicted molar refractivity (Wildman–Crippen MR) is 118 cm³/mol. The van der Waals surface area contributed by atoms with Crippen LogP contribution in [0.5, 0.6) is 0 Å². The van der Waals surface area contributed by atoms with E-state index in [1.807, 2.05) is 63.2 Å². The number of anilines is 2. The highest BCUT2D eigenvalue weighted by molar-refractivity contribution is 6.08. The first-order chi connectivity index (χ1) is 13.8. The number of fused-ring (bicyclic) bond motifs is 1. The molecule has 0 unspecified atom stereocenters. The predicted octanol–water partition coefficient (Wildman–Crippen LogP) is 5.40. The molecule has 148 valence electrons. The van der Waals surface area contributed by atoms with Gasteiger partial charge in [0, 0.05) is 17.8 Å². The van der Waals surface area contributed by atoms with E-state index in [2.05, 4.69) is 10.6 Å². The number of aromatic carboxylic acids is 1. The van der Waals surface area contributed by atoms with Crippen LogP contribution in [0.3, 0.4) is 0 Å². The number of carboxylic acid groups (broad SMARTS) is 1. The molecule has 1 amide bonds. The van der Waals surface area contributed by atoms with Crippen LogP contribution in [0, 0.1) is 0 Å². The van der Waals surface area contributed by atoms with Gasteiger partial charge in [0.2, 0.25) is 5.91 Å². The molecule has 0 saturated heterocycles. The molecule has 0 aliphatic carbocycles. The highest BCUT2D eigenvalue weighted by atomic mass is 16.4. The lowest BCUT2D eigenvalue weighted by atomic mass is 10.0. The molecular weight excluding hydrogens is 364 g/mol. The average molecular weight is 388 g/mol. The van der Waals surface area contributed by atoms with Crippen molar-refractivity contribution in [1.29, 1.82) is 0 Å². The zero-order valence-corrected chi connectivity index (χ0v) is 16.7. The van der Waals surface area contributed by atoms with Crippen molar-refractivity contribution in [3.05, 3.63) is 77.9 Å². The molecule has 0 spiro atoms. The highest BCUT2D eigenvalue weighted by Gasteiger charge is 2.13. The number of carbonyl (C=O) groups is 2. The van der Waals surface area contributed by atoms with Crippen LogP contribution < -0.4 is 10.6 Å². The summed E-state index contributed by atoms with van der Waals surface area (Å²) in [5.74, 6) is -1.47. The first-order valence-corrected chi connectivity index (χ1v) is 9.46. The molecule has 5 nitrogen and oxygen atoms in total. The van der Waals surface area contributed by atoms with Gasteiger partial charge in [-0.05, 0) is 66.9 Å². The fraction of sp³-hybridized carbons (Fsp3) is 0.167. The molecule has 0 aliphatic rings. The van der Waals surface area contributed by atoms with Gasteiger partial charge in [-0.1, -0.05) is 36.4 Å². The Morgan fingerprint density at radius 3 is 2.38 bits per heavy atom. The maximum Gasteiger partial charge on any atom is 0.337 e. The molecule has 0 bridgehead atoms. The van der Waals surface area contributed by atoms with E-state index < -0.39 is 5.97 Å². The van der Waals surface area contributed by atoms with E-state index in [1.165, 1.54) is 12.1 Å². The standard InChI is InChI=1S/C24H24N2O3/c1-15(2)25-20-10-11-21(24(28)29)22(14-20)26-23(27)12-16(3)18-9-8-17-6-4-5-7-19(17)13-18/h4-15,25H,1-3H3,(H,26,27)(H,28,29). The average Bonchev–Trinajstić information content (AvgIpc) is 2.67. The monoisotopic (exact) mass is 388 g/mol. The van der Waals surface area contributed by atoms with Crippen molar-refractivity contribution in [2.75, 3.05) is 10.6 Å². The Morgan fingerprint density at radius 2 is 1.69 bits per heavy atom. The Hall–Kier alpha value is -3.60. The minimum absolute atomic E-state index is 0.0458. The molecule has 0 atom stereocenters. The summed E-state index contributed by atoms with van der Waals surface area (Å²) in [6, 6.07) is 19.0.